The van der Waals surface area contributed by atoms with Crippen molar-refractivity contribution in [2.24, 2.45) is 5.92 Å². The SMILES string of the molecule is CCCC(CNC(C)=O)CNC(C)=O. The predicted octanol–water partition coefficient (Wildman–Crippen LogP) is 0.675. The van der Waals surface area contributed by atoms with Gasteiger partial charge in [0.25, 0.3) is 0 Å². The fourth-order valence-corrected chi connectivity index (χ4v) is 1.26. The Kier molecular flexibility index (Phi) is 6.80. The van der Waals surface area contributed by atoms with Crippen LogP contribution in [0, 0.1) is 5.92 Å². The molecular weight excluding hydrogens is 180 g/mol. The lowest BCUT2D eigenvalue weighted by atomic mass is 10.0. The van der Waals surface area contributed by atoms with Crippen molar-refractivity contribution in [2.45, 2.75) is 33.6 Å². The van der Waals surface area contributed by atoms with E-state index in [4.69, 9.17) is 0 Å². The third-order valence-corrected chi connectivity index (χ3v) is 1.98. The van der Waals surface area contributed by atoms with Crippen LogP contribution in [-0.2, 0) is 9.59 Å². The van der Waals surface area contributed by atoms with E-state index in [1.54, 1.807) is 0 Å². The van der Waals surface area contributed by atoms with Crippen molar-refractivity contribution in [2.75, 3.05) is 13.1 Å². The lowest BCUT2D eigenvalue weighted by Gasteiger charge is -2.16. The predicted molar refractivity (Wildman–Crippen MR) is 55.8 cm³/mol. The van der Waals surface area contributed by atoms with Crippen molar-refractivity contribution in [3.05, 3.63) is 0 Å². The summed E-state index contributed by atoms with van der Waals surface area (Å²) in [6, 6.07) is 0. The van der Waals surface area contributed by atoms with Gasteiger partial charge in [-0.25, -0.2) is 0 Å². The van der Waals surface area contributed by atoms with Gasteiger partial charge in [0.2, 0.25) is 11.8 Å². The van der Waals surface area contributed by atoms with Crippen molar-refractivity contribution in [3.8, 4) is 0 Å². The van der Waals surface area contributed by atoms with Crippen LogP contribution in [0.15, 0.2) is 0 Å². The van der Waals surface area contributed by atoms with E-state index in [1.165, 1.54) is 13.8 Å². The summed E-state index contributed by atoms with van der Waals surface area (Å²) in [5.74, 6) is 0.302. The second kappa shape index (κ2) is 7.35. The molecule has 0 aliphatic heterocycles. The molecule has 4 nitrogen and oxygen atoms in total. The third-order valence-electron chi connectivity index (χ3n) is 1.98. The molecule has 82 valence electrons. The second-order valence-corrected chi connectivity index (χ2v) is 3.53. The van der Waals surface area contributed by atoms with Crippen LogP contribution in [0.1, 0.15) is 33.6 Å². The first-order chi connectivity index (χ1) is 6.56. The summed E-state index contributed by atoms with van der Waals surface area (Å²) in [6.45, 7) is 6.38. The minimum absolute atomic E-state index is 0.0195. The number of rotatable bonds is 6. The maximum Gasteiger partial charge on any atom is 0.216 e. The van der Waals surface area contributed by atoms with Gasteiger partial charge < -0.3 is 10.6 Å². The van der Waals surface area contributed by atoms with E-state index in [2.05, 4.69) is 17.6 Å². The summed E-state index contributed by atoms with van der Waals surface area (Å²) in [7, 11) is 0. The van der Waals surface area contributed by atoms with Gasteiger partial charge in [0.15, 0.2) is 0 Å². The van der Waals surface area contributed by atoms with Crippen LogP contribution >= 0.6 is 0 Å². The molecule has 14 heavy (non-hydrogen) atoms. The first-order valence-electron chi connectivity index (χ1n) is 5.05. The van der Waals surface area contributed by atoms with Gasteiger partial charge in [-0.1, -0.05) is 13.3 Å². The second-order valence-electron chi connectivity index (χ2n) is 3.53. The molecule has 0 rings (SSSR count). The molecule has 0 bridgehead atoms. The monoisotopic (exact) mass is 200 g/mol. The number of hydrogen-bond acceptors (Lipinski definition) is 2. The zero-order chi connectivity index (χ0) is 11.0. The Morgan fingerprint density at radius 3 is 1.79 bits per heavy atom. The molecule has 2 N–H and O–H groups in total. The third kappa shape index (κ3) is 7.58. The van der Waals surface area contributed by atoms with Gasteiger partial charge in [-0.2, -0.15) is 0 Å². The number of carbonyl (C=O) groups is 2. The molecule has 0 aliphatic carbocycles. The van der Waals surface area contributed by atoms with E-state index < -0.39 is 0 Å². The zero-order valence-electron chi connectivity index (χ0n) is 9.22. The highest BCUT2D eigenvalue weighted by molar-refractivity contribution is 5.73. The van der Waals surface area contributed by atoms with Crippen molar-refractivity contribution >= 4 is 11.8 Å². The Balaban J connectivity index is 3.76. The molecule has 0 atom stereocenters. The topological polar surface area (TPSA) is 58.2 Å². The molecule has 2 amide bonds. The molecule has 0 saturated heterocycles. The van der Waals surface area contributed by atoms with Crippen LogP contribution in [0.2, 0.25) is 0 Å². The Morgan fingerprint density at radius 1 is 1.07 bits per heavy atom. The van der Waals surface area contributed by atoms with Gasteiger partial charge in [0, 0.05) is 26.9 Å². The fraction of sp³-hybridized carbons (Fsp3) is 0.800. The molecule has 0 aromatic heterocycles. The van der Waals surface area contributed by atoms with E-state index in [0.29, 0.717) is 19.0 Å². The zero-order valence-corrected chi connectivity index (χ0v) is 9.22. The lowest BCUT2D eigenvalue weighted by molar-refractivity contribution is -0.119. The summed E-state index contributed by atoms with van der Waals surface area (Å²) in [4.78, 5) is 21.4. The Morgan fingerprint density at radius 2 is 1.50 bits per heavy atom. The van der Waals surface area contributed by atoms with Crippen molar-refractivity contribution in [1.82, 2.24) is 10.6 Å². The van der Waals surface area contributed by atoms with Crippen LogP contribution in [0.3, 0.4) is 0 Å². The maximum atomic E-state index is 10.7. The van der Waals surface area contributed by atoms with Crippen molar-refractivity contribution < 1.29 is 9.59 Å². The summed E-state index contributed by atoms with van der Waals surface area (Å²) < 4.78 is 0. The van der Waals surface area contributed by atoms with E-state index in [0.717, 1.165) is 12.8 Å². The average molecular weight is 200 g/mol. The van der Waals surface area contributed by atoms with Crippen LogP contribution in [0.4, 0.5) is 0 Å². The van der Waals surface area contributed by atoms with E-state index >= 15 is 0 Å². The Hall–Kier alpha value is -1.06. The van der Waals surface area contributed by atoms with Gasteiger partial charge in [-0.3, -0.25) is 9.59 Å². The minimum atomic E-state index is -0.0195. The molecular formula is C10H20N2O2. The normalized spacial score (nSPS) is 10.0. The first kappa shape index (κ1) is 12.9. The quantitative estimate of drug-likeness (QED) is 0.662. The van der Waals surface area contributed by atoms with Gasteiger partial charge in [0.1, 0.15) is 0 Å². The number of nitrogens with one attached hydrogen (secondary N) is 2. The van der Waals surface area contributed by atoms with Gasteiger partial charge in [-0.15, -0.1) is 0 Å². The average Bonchev–Trinajstić information content (AvgIpc) is 2.09. The van der Waals surface area contributed by atoms with E-state index in [-0.39, 0.29) is 11.8 Å². The number of hydrogen-bond donors (Lipinski definition) is 2. The molecule has 0 spiro atoms. The Labute approximate surface area is 85.4 Å². The number of carbonyl (C=O) groups excluding carboxylic acids is 2. The fourth-order valence-electron chi connectivity index (χ4n) is 1.26. The standard InChI is InChI=1S/C10H20N2O2/c1-4-5-10(6-11-8(2)13)7-12-9(3)14/h10H,4-7H2,1-3H3,(H,11,13)(H,12,14). The molecule has 0 fully saturated rings. The van der Waals surface area contributed by atoms with Crippen LogP contribution in [-0.4, -0.2) is 24.9 Å². The molecule has 0 aromatic rings. The summed E-state index contributed by atoms with van der Waals surface area (Å²) in [5.41, 5.74) is 0. The number of amides is 2. The lowest BCUT2D eigenvalue weighted by Crippen LogP contribution is -2.35. The van der Waals surface area contributed by atoms with Crippen molar-refractivity contribution in [3.63, 3.8) is 0 Å². The van der Waals surface area contributed by atoms with Crippen LogP contribution < -0.4 is 10.6 Å². The molecule has 0 saturated carbocycles. The molecule has 0 radical (unpaired) electrons. The molecule has 0 heterocycles. The largest absolute Gasteiger partial charge is 0.356 e. The Bertz CT molecular complexity index is 175. The van der Waals surface area contributed by atoms with E-state index in [9.17, 15) is 9.59 Å². The smallest absolute Gasteiger partial charge is 0.216 e. The molecule has 0 unspecified atom stereocenters. The van der Waals surface area contributed by atoms with Crippen LogP contribution in [0.5, 0.6) is 0 Å². The highest BCUT2D eigenvalue weighted by Gasteiger charge is 2.08. The van der Waals surface area contributed by atoms with Gasteiger partial charge in [-0.05, 0) is 12.3 Å². The highest BCUT2D eigenvalue weighted by atomic mass is 16.2. The summed E-state index contributed by atoms with van der Waals surface area (Å²) >= 11 is 0. The van der Waals surface area contributed by atoms with Crippen LogP contribution in [0.25, 0.3) is 0 Å². The molecule has 4 heteroatoms. The van der Waals surface area contributed by atoms with E-state index in [1.807, 2.05) is 0 Å². The minimum Gasteiger partial charge on any atom is -0.356 e. The van der Waals surface area contributed by atoms with Gasteiger partial charge in [0.05, 0.1) is 0 Å². The van der Waals surface area contributed by atoms with Gasteiger partial charge >= 0.3 is 0 Å². The molecule has 0 aromatic carbocycles. The molecule has 0 aliphatic rings. The maximum absolute atomic E-state index is 10.7. The van der Waals surface area contributed by atoms with Crippen molar-refractivity contribution in [1.29, 1.82) is 0 Å². The highest BCUT2D eigenvalue weighted by Crippen LogP contribution is 2.03. The summed E-state index contributed by atoms with van der Waals surface area (Å²) in [5, 5.41) is 5.53. The first-order valence-corrected chi connectivity index (χ1v) is 5.05. The summed E-state index contributed by atoms with van der Waals surface area (Å²) in [6.07, 6.45) is 2.07.